The molecule has 1 amide bonds. The molecule has 38 heavy (non-hydrogen) atoms. The number of furan rings is 1. The molecule has 0 saturated carbocycles. The van der Waals surface area contributed by atoms with E-state index in [1.54, 1.807) is 48.4 Å². The summed E-state index contributed by atoms with van der Waals surface area (Å²) in [5.74, 6) is 1.44. The lowest BCUT2D eigenvalue weighted by molar-refractivity contribution is -0.127. The number of nitrogens with one attached hydrogen (secondary N) is 1. The number of rotatable bonds is 8. The Morgan fingerprint density at radius 1 is 1.13 bits per heavy atom. The van der Waals surface area contributed by atoms with E-state index in [1.807, 2.05) is 0 Å². The van der Waals surface area contributed by atoms with Crippen molar-refractivity contribution in [1.82, 2.24) is 14.9 Å². The van der Waals surface area contributed by atoms with Crippen LogP contribution in [0.15, 0.2) is 66.1 Å². The summed E-state index contributed by atoms with van der Waals surface area (Å²) in [6, 6.07) is 10.2. The first-order valence-electron chi connectivity index (χ1n) is 12.1. The van der Waals surface area contributed by atoms with Crippen molar-refractivity contribution in [2.45, 2.75) is 18.9 Å². The van der Waals surface area contributed by atoms with Crippen LogP contribution in [0.5, 0.6) is 17.2 Å². The van der Waals surface area contributed by atoms with Gasteiger partial charge in [0.15, 0.2) is 17.3 Å². The first-order chi connectivity index (χ1) is 18.5. The van der Waals surface area contributed by atoms with Gasteiger partial charge in [0, 0.05) is 37.4 Å². The number of benzene rings is 2. The van der Waals surface area contributed by atoms with Gasteiger partial charge in [0.05, 0.1) is 31.6 Å². The van der Waals surface area contributed by atoms with E-state index < -0.39 is 5.82 Å². The third-order valence-corrected chi connectivity index (χ3v) is 6.50. The number of carbonyl (C=O) groups excluding carboxylic acids is 1. The molecule has 0 spiro atoms. The van der Waals surface area contributed by atoms with Crippen molar-refractivity contribution in [2.24, 2.45) is 0 Å². The van der Waals surface area contributed by atoms with Crippen molar-refractivity contribution in [1.29, 1.82) is 0 Å². The fourth-order valence-corrected chi connectivity index (χ4v) is 4.50. The molecule has 9 nitrogen and oxygen atoms in total. The number of methoxy groups -OCH3 is 2. The van der Waals surface area contributed by atoms with Crippen molar-refractivity contribution in [2.75, 3.05) is 32.6 Å². The van der Waals surface area contributed by atoms with E-state index in [1.165, 1.54) is 25.8 Å². The lowest BCUT2D eigenvalue weighted by Crippen LogP contribution is -2.41. The third-order valence-electron chi connectivity index (χ3n) is 6.50. The Morgan fingerprint density at radius 2 is 1.92 bits per heavy atom. The van der Waals surface area contributed by atoms with Crippen LogP contribution in [0.2, 0.25) is 0 Å². The zero-order valence-electron chi connectivity index (χ0n) is 21.1. The predicted octanol–water partition coefficient (Wildman–Crippen LogP) is 5.35. The average molecular weight is 519 g/mol. The normalized spacial score (nSPS) is 13.8. The van der Waals surface area contributed by atoms with Crippen LogP contribution in [0.25, 0.3) is 22.2 Å². The van der Waals surface area contributed by atoms with Gasteiger partial charge < -0.3 is 28.8 Å². The van der Waals surface area contributed by atoms with Gasteiger partial charge in [-0.3, -0.25) is 4.79 Å². The smallest absolute Gasteiger partial charge is 0.245 e. The minimum absolute atomic E-state index is 0.0848. The third kappa shape index (κ3) is 4.84. The number of hydrogen-bond acceptors (Lipinski definition) is 8. The van der Waals surface area contributed by atoms with Crippen LogP contribution in [0.1, 0.15) is 12.8 Å². The van der Waals surface area contributed by atoms with E-state index in [2.05, 4.69) is 21.9 Å². The van der Waals surface area contributed by atoms with Gasteiger partial charge in [0.25, 0.3) is 0 Å². The predicted molar refractivity (Wildman–Crippen MR) is 140 cm³/mol. The second kappa shape index (κ2) is 10.8. The van der Waals surface area contributed by atoms with E-state index in [0.717, 1.165) is 0 Å². The van der Waals surface area contributed by atoms with Crippen LogP contribution < -0.4 is 19.5 Å². The number of nitrogens with zero attached hydrogens (tertiary/aromatic N) is 3. The molecule has 196 valence electrons. The molecule has 0 radical (unpaired) electrons. The maximum absolute atomic E-state index is 15.7. The molecule has 1 N–H and O–H groups in total. The number of likely N-dealkylation sites (tertiary alicyclic amines) is 1. The lowest BCUT2D eigenvalue weighted by atomic mass is 10.1. The first kappa shape index (κ1) is 25.1. The van der Waals surface area contributed by atoms with Crippen molar-refractivity contribution in [3.8, 4) is 28.6 Å². The molecule has 4 aromatic rings. The van der Waals surface area contributed by atoms with Gasteiger partial charge in [-0.15, -0.1) is 0 Å². The summed E-state index contributed by atoms with van der Waals surface area (Å²) < 4.78 is 38.4. The van der Waals surface area contributed by atoms with Crippen LogP contribution in [-0.2, 0) is 4.79 Å². The summed E-state index contributed by atoms with van der Waals surface area (Å²) in [4.78, 5) is 22.4. The first-order valence-corrected chi connectivity index (χ1v) is 12.1. The van der Waals surface area contributed by atoms with Gasteiger partial charge in [-0.2, -0.15) is 0 Å². The summed E-state index contributed by atoms with van der Waals surface area (Å²) >= 11 is 0. The Hall–Kier alpha value is -4.60. The van der Waals surface area contributed by atoms with Crippen LogP contribution in [-0.4, -0.2) is 54.2 Å². The van der Waals surface area contributed by atoms with Crippen LogP contribution in [0.4, 0.5) is 15.9 Å². The highest BCUT2D eigenvalue weighted by molar-refractivity contribution is 5.94. The van der Waals surface area contributed by atoms with Crippen LogP contribution >= 0.6 is 0 Å². The fourth-order valence-electron chi connectivity index (χ4n) is 4.50. The zero-order chi connectivity index (χ0) is 26.6. The van der Waals surface area contributed by atoms with Crippen molar-refractivity contribution >= 4 is 28.3 Å². The maximum Gasteiger partial charge on any atom is 0.245 e. The molecular formula is C28H27FN4O5. The highest BCUT2D eigenvalue weighted by atomic mass is 19.1. The number of anilines is 2. The van der Waals surface area contributed by atoms with Gasteiger partial charge in [0.1, 0.15) is 35.4 Å². The Kier molecular flexibility index (Phi) is 7.12. The molecule has 2 aromatic heterocycles. The van der Waals surface area contributed by atoms with Gasteiger partial charge in [-0.25, -0.2) is 14.4 Å². The van der Waals surface area contributed by atoms with Crippen LogP contribution in [0, 0.1) is 5.82 Å². The zero-order valence-corrected chi connectivity index (χ0v) is 21.1. The number of halogens is 1. The highest BCUT2D eigenvalue weighted by Crippen LogP contribution is 2.40. The highest BCUT2D eigenvalue weighted by Gasteiger charge is 2.25. The summed E-state index contributed by atoms with van der Waals surface area (Å²) in [5.41, 5.74) is 0.974. The number of amides is 1. The lowest BCUT2D eigenvalue weighted by Gasteiger charge is -2.31. The fraction of sp³-hybridized carbons (Fsp3) is 0.250. The molecule has 0 unspecified atom stereocenters. The molecule has 0 atom stereocenters. The van der Waals surface area contributed by atoms with Gasteiger partial charge in [0.2, 0.25) is 5.91 Å². The molecule has 1 saturated heterocycles. The van der Waals surface area contributed by atoms with Crippen LogP contribution in [0.3, 0.4) is 0 Å². The van der Waals surface area contributed by atoms with E-state index in [4.69, 9.17) is 18.6 Å². The number of piperidine rings is 1. The van der Waals surface area contributed by atoms with E-state index in [0.29, 0.717) is 65.7 Å². The number of carbonyl (C=O) groups is 1. The Balaban J connectivity index is 1.48. The number of aromatic nitrogens is 2. The molecule has 10 heteroatoms. The van der Waals surface area contributed by atoms with Gasteiger partial charge in [-0.05, 0) is 36.4 Å². The minimum Gasteiger partial charge on any atom is -0.494 e. The van der Waals surface area contributed by atoms with Gasteiger partial charge >= 0.3 is 0 Å². The Morgan fingerprint density at radius 3 is 2.61 bits per heavy atom. The Labute approximate surface area is 218 Å². The summed E-state index contributed by atoms with van der Waals surface area (Å²) in [7, 11) is 3.02. The number of fused-ring (bicyclic) bond motifs is 1. The second-order valence-corrected chi connectivity index (χ2v) is 8.70. The maximum atomic E-state index is 15.7. The molecule has 1 fully saturated rings. The molecule has 1 aliphatic rings. The second-order valence-electron chi connectivity index (χ2n) is 8.70. The molecule has 2 aromatic carbocycles. The molecule has 1 aliphatic heterocycles. The van der Waals surface area contributed by atoms with Crippen molar-refractivity contribution in [3.05, 3.63) is 67.5 Å². The largest absolute Gasteiger partial charge is 0.494 e. The summed E-state index contributed by atoms with van der Waals surface area (Å²) in [5, 5.41) is 3.69. The number of ether oxygens (including phenoxy) is 3. The molecule has 0 bridgehead atoms. The quantitative estimate of drug-likeness (QED) is 0.312. The summed E-state index contributed by atoms with van der Waals surface area (Å²) in [6.07, 6.45) is 5.42. The van der Waals surface area contributed by atoms with E-state index >= 15 is 4.39 Å². The van der Waals surface area contributed by atoms with Crippen molar-refractivity contribution < 1.29 is 27.8 Å². The molecule has 5 rings (SSSR count). The summed E-state index contributed by atoms with van der Waals surface area (Å²) in [6.45, 7) is 4.71. The van der Waals surface area contributed by atoms with E-state index in [9.17, 15) is 4.79 Å². The monoisotopic (exact) mass is 518 g/mol. The SMILES string of the molecule is C=CC(=O)N1CCC(Oc2cc3c(Nc4c(OC)ccc(-c5ccco5)c4F)ncnc3cc2OC)CC1. The van der Waals surface area contributed by atoms with E-state index in [-0.39, 0.29) is 23.3 Å². The molecule has 3 heterocycles. The standard InChI is InChI=1S/C28H27FN4O5/c1-4-25(34)33-11-9-17(10-12-33)38-24-14-19-20(15-23(24)36-3)30-16-31-28(19)32-27-22(35-2)8-7-18(26(27)29)21-6-5-13-37-21/h4-8,13-17H,1,9-12H2,2-3H3,(H,30,31,32). The van der Waals surface area contributed by atoms with Gasteiger partial charge in [-0.1, -0.05) is 6.58 Å². The molecule has 0 aliphatic carbocycles. The van der Waals surface area contributed by atoms with Crippen molar-refractivity contribution in [3.63, 3.8) is 0 Å². The average Bonchev–Trinajstić information content (AvgIpc) is 3.48. The minimum atomic E-state index is -0.545. The number of hydrogen-bond donors (Lipinski definition) is 1. The topological polar surface area (TPSA) is 99.0 Å². The Bertz CT molecular complexity index is 1470. The molecular weight excluding hydrogens is 491 g/mol.